The maximum Gasteiger partial charge on any atom is 0.137 e. The molecule has 0 N–H and O–H groups in total. The van der Waals surface area contributed by atoms with E-state index in [0.29, 0.717) is 17.7 Å². The van der Waals surface area contributed by atoms with Gasteiger partial charge in [-0.05, 0) is 39.2 Å². The number of nitrogens with zero attached hydrogens (tertiary/aromatic N) is 2. The number of carbonyl (C=O) groups is 1. The fourth-order valence-electron chi connectivity index (χ4n) is 3.77. The van der Waals surface area contributed by atoms with Gasteiger partial charge in [0.2, 0.25) is 0 Å². The molecule has 1 saturated heterocycles. The summed E-state index contributed by atoms with van der Waals surface area (Å²) in [4.78, 5) is 19.4. The standard InChI is InChI=1S/C16H24N2OS/c1-12-17-13(11-20-12)10-18-9-5-4-7-15(18)14-6-2-3-8-16(14)19/h11,14-15H,2-10H2,1H3. The van der Waals surface area contributed by atoms with Crippen molar-refractivity contribution in [3.8, 4) is 0 Å². The average molecular weight is 292 g/mol. The molecule has 2 fully saturated rings. The van der Waals surface area contributed by atoms with Crippen LogP contribution in [0.3, 0.4) is 0 Å². The summed E-state index contributed by atoms with van der Waals surface area (Å²) in [6, 6.07) is 0.471. The van der Waals surface area contributed by atoms with Gasteiger partial charge in [0.25, 0.3) is 0 Å². The van der Waals surface area contributed by atoms with E-state index in [2.05, 4.69) is 22.2 Å². The Morgan fingerprint density at radius 3 is 2.90 bits per heavy atom. The zero-order chi connectivity index (χ0) is 13.9. The van der Waals surface area contributed by atoms with Crippen LogP contribution in [0.15, 0.2) is 5.38 Å². The van der Waals surface area contributed by atoms with Crippen molar-refractivity contribution in [2.75, 3.05) is 6.54 Å². The molecule has 0 bridgehead atoms. The first kappa shape index (κ1) is 14.2. The molecule has 2 heterocycles. The third-order valence-electron chi connectivity index (χ3n) is 4.76. The Balaban J connectivity index is 1.71. The second-order valence-electron chi connectivity index (χ2n) is 6.21. The molecule has 4 heteroatoms. The molecule has 1 aromatic heterocycles. The van der Waals surface area contributed by atoms with Gasteiger partial charge in [-0.3, -0.25) is 9.69 Å². The van der Waals surface area contributed by atoms with Crippen LogP contribution in [0.5, 0.6) is 0 Å². The Morgan fingerprint density at radius 2 is 2.15 bits per heavy atom. The fraction of sp³-hybridized carbons (Fsp3) is 0.750. The number of rotatable bonds is 3. The average Bonchev–Trinajstić information content (AvgIpc) is 2.86. The number of aryl methyl sites for hydroxylation is 1. The van der Waals surface area contributed by atoms with E-state index in [1.54, 1.807) is 11.3 Å². The highest BCUT2D eigenvalue weighted by Gasteiger charge is 2.35. The van der Waals surface area contributed by atoms with E-state index in [-0.39, 0.29) is 0 Å². The minimum atomic E-state index is 0.295. The van der Waals surface area contributed by atoms with Crippen LogP contribution in [0, 0.1) is 12.8 Å². The largest absolute Gasteiger partial charge is 0.299 e. The molecule has 1 aliphatic carbocycles. The minimum Gasteiger partial charge on any atom is -0.299 e. The van der Waals surface area contributed by atoms with Gasteiger partial charge in [-0.15, -0.1) is 11.3 Å². The molecular weight excluding hydrogens is 268 g/mol. The number of carbonyl (C=O) groups excluding carboxylic acids is 1. The lowest BCUT2D eigenvalue weighted by molar-refractivity contribution is -0.127. The molecule has 1 aliphatic heterocycles. The van der Waals surface area contributed by atoms with E-state index < -0.39 is 0 Å². The molecule has 2 atom stereocenters. The molecule has 0 radical (unpaired) electrons. The molecule has 3 rings (SSSR count). The summed E-state index contributed by atoms with van der Waals surface area (Å²) in [7, 11) is 0. The molecule has 0 spiro atoms. The fourth-order valence-corrected chi connectivity index (χ4v) is 4.38. The molecule has 3 nitrogen and oxygen atoms in total. The highest BCUT2D eigenvalue weighted by Crippen LogP contribution is 2.32. The van der Waals surface area contributed by atoms with Crippen molar-refractivity contribution >= 4 is 17.1 Å². The molecule has 110 valence electrons. The second kappa shape index (κ2) is 6.35. The van der Waals surface area contributed by atoms with Crippen LogP contribution in [-0.2, 0) is 11.3 Å². The van der Waals surface area contributed by atoms with Gasteiger partial charge < -0.3 is 0 Å². The maximum atomic E-state index is 12.3. The summed E-state index contributed by atoms with van der Waals surface area (Å²) in [6.45, 7) is 4.12. The molecule has 2 aliphatic rings. The van der Waals surface area contributed by atoms with Crippen LogP contribution >= 0.6 is 11.3 Å². The third kappa shape index (κ3) is 3.12. The highest BCUT2D eigenvalue weighted by molar-refractivity contribution is 7.09. The molecular formula is C16H24N2OS. The van der Waals surface area contributed by atoms with E-state index in [0.717, 1.165) is 37.4 Å². The number of aromatic nitrogens is 1. The topological polar surface area (TPSA) is 33.2 Å². The Bertz CT molecular complexity index is 471. The lowest BCUT2D eigenvalue weighted by Gasteiger charge is -2.40. The molecule has 1 saturated carbocycles. The lowest BCUT2D eigenvalue weighted by atomic mass is 9.79. The molecule has 1 aromatic rings. The van der Waals surface area contributed by atoms with Crippen LogP contribution in [0.4, 0.5) is 0 Å². The van der Waals surface area contributed by atoms with E-state index in [1.165, 1.54) is 31.4 Å². The first-order chi connectivity index (χ1) is 9.74. The first-order valence-corrected chi connectivity index (χ1v) is 8.80. The number of hydrogen-bond donors (Lipinski definition) is 0. The summed E-state index contributed by atoms with van der Waals surface area (Å²) < 4.78 is 0. The number of hydrogen-bond acceptors (Lipinski definition) is 4. The Hall–Kier alpha value is -0.740. The predicted octanol–water partition coefficient (Wildman–Crippen LogP) is 3.57. The minimum absolute atomic E-state index is 0.295. The van der Waals surface area contributed by atoms with Gasteiger partial charge in [-0.2, -0.15) is 0 Å². The highest BCUT2D eigenvalue weighted by atomic mass is 32.1. The lowest BCUT2D eigenvalue weighted by Crippen LogP contribution is -2.47. The van der Waals surface area contributed by atoms with E-state index in [1.807, 2.05) is 0 Å². The van der Waals surface area contributed by atoms with E-state index in [4.69, 9.17) is 0 Å². The van der Waals surface area contributed by atoms with Gasteiger partial charge in [0, 0.05) is 30.3 Å². The Morgan fingerprint density at radius 1 is 1.30 bits per heavy atom. The van der Waals surface area contributed by atoms with Gasteiger partial charge in [-0.25, -0.2) is 4.98 Å². The number of Topliss-reactive ketones (excluding diaryl/α,β-unsaturated/α-hetero) is 1. The van der Waals surface area contributed by atoms with Gasteiger partial charge >= 0.3 is 0 Å². The molecule has 2 unspecified atom stereocenters. The third-order valence-corrected chi connectivity index (χ3v) is 5.58. The summed E-state index contributed by atoms with van der Waals surface area (Å²) >= 11 is 1.73. The quantitative estimate of drug-likeness (QED) is 0.854. The van der Waals surface area contributed by atoms with Gasteiger partial charge in [-0.1, -0.05) is 12.8 Å². The smallest absolute Gasteiger partial charge is 0.137 e. The zero-order valence-electron chi connectivity index (χ0n) is 12.3. The van der Waals surface area contributed by atoms with E-state index in [9.17, 15) is 4.79 Å². The van der Waals surface area contributed by atoms with Crippen molar-refractivity contribution in [3.05, 3.63) is 16.1 Å². The Labute approximate surface area is 125 Å². The van der Waals surface area contributed by atoms with Crippen molar-refractivity contribution in [1.82, 2.24) is 9.88 Å². The van der Waals surface area contributed by atoms with Crippen molar-refractivity contribution in [3.63, 3.8) is 0 Å². The SMILES string of the molecule is Cc1nc(CN2CCCCC2C2CCCCC2=O)cs1. The van der Waals surface area contributed by atoms with Gasteiger partial charge in [0.15, 0.2) is 0 Å². The number of likely N-dealkylation sites (tertiary alicyclic amines) is 1. The van der Waals surface area contributed by atoms with Crippen LogP contribution in [0.2, 0.25) is 0 Å². The summed E-state index contributed by atoms with van der Waals surface area (Å²) in [5.41, 5.74) is 1.18. The zero-order valence-corrected chi connectivity index (χ0v) is 13.1. The van der Waals surface area contributed by atoms with Crippen molar-refractivity contribution in [2.24, 2.45) is 5.92 Å². The summed E-state index contributed by atoms with van der Waals surface area (Å²) in [5.74, 6) is 0.811. The second-order valence-corrected chi connectivity index (χ2v) is 7.27. The van der Waals surface area contributed by atoms with Crippen LogP contribution < -0.4 is 0 Å². The normalized spacial score (nSPS) is 28.8. The predicted molar refractivity (Wildman–Crippen MR) is 81.9 cm³/mol. The number of thiazole rings is 1. The van der Waals surface area contributed by atoms with Crippen LogP contribution in [0.25, 0.3) is 0 Å². The van der Waals surface area contributed by atoms with Crippen molar-refractivity contribution < 1.29 is 4.79 Å². The summed E-state index contributed by atoms with van der Waals surface area (Å²) in [5, 5.41) is 3.31. The van der Waals surface area contributed by atoms with Gasteiger partial charge in [0.05, 0.1) is 10.7 Å². The van der Waals surface area contributed by atoms with Crippen LogP contribution in [0.1, 0.15) is 55.6 Å². The molecule has 0 aromatic carbocycles. The monoisotopic (exact) mass is 292 g/mol. The van der Waals surface area contributed by atoms with E-state index >= 15 is 0 Å². The number of piperidine rings is 1. The van der Waals surface area contributed by atoms with Crippen LogP contribution in [-0.4, -0.2) is 28.3 Å². The maximum absolute atomic E-state index is 12.3. The van der Waals surface area contributed by atoms with Crippen molar-refractivity contribution in [2.45, 2.75) is 64.5 Å². The first-order valence-electron chi connectivity index (χ1n) is 7.92. The Kier molecular flexibility index (Phi) is 4.51. The van der Waals surface area contributed by atoms with Crippen molar-refractivity contribution in [1.29, 1.82) is 0 Å². The molecule has 20 heavy (non-hydrogen) atoms. The molecule has 0 amide bonds. The summed E-state index contributed by atoms with van der Waals surface area (Å²) in [6.07, 6.45) is 7.99. The number of ketones is 1. The van der Waals surface area contributed by atoms with Gasteiger partial charge in [0.1, 0.15) is 5.78 Å².